The molecule has 1 aromatic rings. The summed E-state index contributed by atoms with van der Waals surface area (Å²) >= 11 is 1.92. The fourth-order valence-corrected chi connectivity index (χ4v) is 4.47. The Labute approximate surface area is 149 Å². The molecule has 2 aliphatic rings. The molecule has 0 spiro atoms. The minimum atomic E-state index is 0.117. The molecule has 1 aromatic heterocycles. The van der Waals surface area contributed by atoms with E-state index in [1.54, 1.807) is 0 Å². The quantitative estimate of drug-likeness (QED) is 0.909. The van der Waals surface area contributed by atoms with Crippen LogP contribution in [0, 0.1) is 0 Å². The summed E-state index contributed by atoms with van der Waals surface area (Å²) in [4.78, 5) is 21.3. The first-order valence-electron chi connectivity index (χ1n) is 8.90. The topological polar surface area (TPSA) is 48.5 Å². The van der Waals surface area contributed by atoms with E-state index in [1.807, 2.05) is 35.0 Å². The van der Waals surface area contributed by atoms with Crippen LogP contribution in [0.2, 0.25) is 0 Å². The summed E-state index contributed by atoms with van der Waals surface area (Å²) in [6, 6.07) is 6.84. The van der Waals surface area contributed by atoms with Crippen molar-refractivity contribution >= 4 is 17.8 Å². The molecular weight excluding hydrogens is 320 g/mol. The number of hydrogen-bond donors (Lipinski definition) is 1. The smallest absolute Gasteiger partial charge is 0.317 e. The highest BCUT2D eigenvalue weighted by Crippen LogP contribution is 2.28. The summed E-state index contributed by atoms with van der Waals surface area (Å²) in [5, 5.41) is 3.95. The number of pyridine rings is 1. The van der Waals surface area contributed by atoms with Crippen molar-refractivity contribution in [2.45, 2.75) is 43.5 Å². The highest BCUT2D eigenvalue weighted by molar-refractivity contribution is 7.99. The first kappa shape index (κ1) is 17.5. The van der Waals surface area contributed by atoms with Crippen molar-refractivity contribution in [1.29, 1.82) is 0 Å². The Kier molecular flexibility index (Phi) is 6.00. The summed E-state index contributed by atoms with van der Waals surface area (Å²) in [5.41, 5.74) is 1.10. The van der Waals surface area contributed by atoms with Gasteiger partial charge in [0.1, 0.15) is 0 Å². The first-order chi connectivity index (χ1) is 11.7. The predicted molar refractivity (Wildman–Crippen MR) is 99.3 cm³/mol. The number of nitrogens with zero attached hydrogens (tertiary/aromatic N) is 3. The van der Waals surface area contributed by atoms with Crippen LogP contribution in [0.15, 0.2) is 24.4 Å². The fourth-order valence-electron chi connectivity index (χ4n) is 3.67. The minimum Gasteiger partial charge on any atom is -0.335 e. The fraction of sp³-hybridized carbons (Fsp3) is 0.667. The van der Waals surface area contributed by atoms with Crippen LogP contribution in [0.1, 0.15) is 37.9 Å². The van der Waals surface area contributed by atoms with E-state index in [4.69, 9.17) is 0 Å². The van der Waals surface area contributed by atoms with Crippen molar-refractivity contribution in [3.05, 3.63) is 30.1 Å². The molecule has 1 N–H and O–H groups in total. The molecule has 6 heteroatoms. The number of hydrogen-bond acceptors (Lipinski definition) is 4. The van der Waals surface area contributed by atoms with Gasteiger partial charge in [0.15, 0.2) is 0 Å². The van der Waals surface area contributed by atoms with Crippen LogP contribution < -0.4 is 5.32 Å². The van der Waals surface area contributed by atoms with Gasteiger partial charge in [-0.25, -0.2) is 4.79 Å². The Hall–Kier alpha value is -1.27. The van der Waals surface area contributed by atoms with E-state index in [0.29, 0.717) is 17.3 Å². The van der Waals surface area contributed by atoms with Gasteiger partial charge in [0.2, 0.25) is 0 Å². The van der Waals surface area contributed by atoms with Crippen LogP contribution in [0.3, 0.4) is 0 Å². The molecule has 0 bridgehead atoms. The number of aromatic nitrogens is 1. The molecule has 2 amide bonds. The molecule has 0 radical (unpaired) electrons. The van der Waals surface area contributed by atoms with E-state index in [1.165, 1.54) is 6.42 Å². The van der Waals surface area contributed by atoms with Crippen molar-refractivity contribution in [1.82, 2.24) is 20.1 Å². The largest absolute Gasteiger partial charge is 0.335 e. The van der Waals surface area contributed by atoms with Gasteiger partial charge in [-0.3, -0.25) is 9.88 Å². The number of thioether (sulfide) groups is 1. The van der Waals surface area contributed by atoms with Crippen molar-refractivity contribution in [2.75, 3.05) is 32.4 Å². The van der Waals surface area contributed by atoms with Crippen molar-refractivity contribution < 1.29 is 4.79 Å². The lowest BCUT2D eigenvalue weighted by Crippen LogP contribution is -2.53. The van der Waals surface area contributed by atoms with E-state index in [-0.39, 0.29) is 6.03 Å². The van der Waals surface area contributed by atoms with E-state index < -0.39 is 0 Å². The summed E-state index contributed by atoms with van der Waals surface area (Å²) in [5.74, 6) is 0. The van der Waals surface area contributed by atoms with Crippen LogP contribution in [0.25, 0.3) is 0 Å². The SMILES string of the molecule is CS[C@@H]1CC[C@@H](NC(=O)N2CCN([C@@H](C)c3ccccn3)CC2)C1. The van der Waals surface area contributed by atoms with Gasteiger partial charge in [0.25, 0.3) is 0 Å². The lowest BCUT2D eigenvalue weighted by molar-refractivity contribution is 0.111. The Balaban J connectivity index is 1.45. The molecule has 132 valence electrons. The lowest BCUT2D eigenvalue weighted by Gasteiger charge is -2.38. The molecule has 1 aliphatic carbocycles. The zero-order valence-electron chi connectivity index (χ0n) is 14.6. The molecular formula is C18H28N4OS. The van der Waals surface area contributed by atoms with E-state index >= 15 is 0 Å². The third-order valence-corrected chi connectivity index (χ3v) is 6.41. The van der Waals surface area contributed by atoms with Crippen molar-refractivity contribution in [3.63, 3.8) is 0 Å². The van der Waals surface area contributed by atoms with Crippen LogP contribution in [0.5, 0.6) is 0 Å². The molecule has 0 unspecified atom stereocenters. The molecule has 3 rings (SSSR count). The highest BCUT2D eigenvalue weighted by Gasteiger charge is 2.29. The maximum absolute atomic E-state index is 12.5. The number of urea groups is 1. The third kappa shape index (κ3) is 4.22. The molecule has 24 heavy (non-hydrogen) atoms. The van der Waals surface area contributed by atoms with Gasteiger partial charge in [-0.2, -0.15) is 11.8 Å². The van der Waals surface area contributed by atoms with Crippen LogP contribution in [-0.4, -0.2) is 64.5 Å². The van der Waals surface area contributed by atoms with E-state index in [9.17, 15) is 4.79 Å². The number of piperazine rings is 1. The summed E-state index contributed by atoms with van der Waals surface area (Å²) in [6.45, 7) is 5.59. The zero-order chi connectivity index (χ0) is 16.9. The molecule has 2 heterocycles. The van der Waals surface area contributed by atoms with Crippen LogP contribution in [0.4, 0.5) is 4.79 Å². The van der Waals surface area contributed by atoms with Crippen molar-refractivity contribution in [2.24, 2.45) is 0 Å². The molecule has 2 fully saturated rings. The second-order valence-electron chi connectivity index (χ2n) is 6.77. The number of carbonyl (C=O) groups excluding carboxylic acids is 1. The van der Waals surface area contributed by atoms with Gasteiger partial charge in [-0.05, 0) is 44.6 Å². The Morgan fingerprint density at radius 3 is 2.71 bits per heavy atom. The Bertz CT molecular complexity index is 533. The molecule has 0 aromatic carbocycles. The summed E-state index contributed by atoms with van der Waals surface area (Å²) in [7, 11) is 0. The molecule has 1 saturated heterocycles. The van der Waals surface area contributed by atoms with Gasteiger partial charge in [0, 0.05) is 49.7 Å². The van der Waals surface area contributed by atoms with Crippen LogP contribution >= 0.6 is 11.8 Å². The monoisotopic (exact) mass is 348 g/mol. The molecule has 5 nitrogen and oxygen atoms in total. The average Bonchev–Trinajstić information content (AvgIpc) is 3.09. The van der Waals surface area contributed by atoms with Gasteiger partial charge in [-0.1, -0.05) is 6.07 Å². The number of rotatable bonds is 4. The van der Waals surface area contributed by atoms with Gasteiger partial charge in [0.05, 0.1) is 5.69 Å². The second kappa shape index (κ2) is 8.21. The number of nitrogens with one attached hydrogen (secondary N) is 1. The average molecular weight is 349 g/mol. The molecule has 3 atom stereocenters. The summed E-state index contributed by atoms with van der Waals surface area (Å²) in [6.07, 6.45) is 7.47. The lowest BCUT2D eigenvalue weighted by atomic mass is 10.1. The maximum Gasteiger partial charge on any atom is 0.317 e. The summed E-state index contributed by atoms with van der Waals surface area (Å²) < 4.78 is 0. The van der Waals surface area contributed by atoms with Crippen LogP contribution in [-0.2, 0) is 0 Å². The second-order valence-corrected chi connectivity index (χ2v) is 7.91. The number of amides is 2. The highest BCUT2D eigenvalue weighted by atomic mass is 32.2. The minimum absolute atomic E-state index is 0.117. The maximum atomic E-state index is 12.5. The standard InChI is InChI=1S/C18H28N4OS/c1-14(17-5-3-4-8-19-17)21-9-11-22(12-10-21)18(23)20-15-6-7-16(13-15)24-2/h3-5,8,14-16H,6-7,9-13H2,1-2H3,(H,20,23)/t14-,15+,16+/m0/s1. The molecule has 1 aliphatic heterocycles. The molecule has 1 saturated carbocycles. The normalized spacial score (nSPS) is 26.3. The van der Waals surface area contributed by atoms with Gasteiger partial charge >= 0.3 is 6.03 Å². The Morgan fingerprint density at radius 1 is 1.29 bits per heavy atom. The van der Waals surface area contributed by atoms with Gasteiger partial charge in [-0.15, -0.1) is 0 Å². The van der Waals surface area contributed by atoms with E-state index in [2.05, 4.69) is 34.4 Å². The van der Waals surface area contributed by atoms with E-state index in [0.717, 1.165) is 44.7 Å². The third-order valence-electron chi connectivity index (χ3n) is 5.31. The van der Waals surface area contributed by atoms with Gasteiger partial charge < -0.3 is 10.2 Å². The zero-order valence-corrected chi connectivity index (χ0v) is 15.5. The van der Waals surface area contributed by atoms with Crippen molar-refractivity contribution in [3.8, 4) is 0 Å². The number of carbonyl (C=O) groups is 1. The first-order valence-corrected chi connectivity index (χ1v) is 10.2. The Morgan fingerprint density at radius 2 is 2.08 bits per heavy atom. The predicted octanol–water partition coefficient (Wildman–Crippen LogP) is 2.75.